The van der Waals surface area contributed by atoms with E-state index in [1.165, 1.54) is 0 Å². The zero-order chi connectivity index (χ0) is 14.7. The van der Waals surface area contributed by atoms with Crippen LogP contribution in [0.25, 0.3) is 0 Å². The van der Waals surface area contributed by atoms with E-state index in [4.69, 9.17) is 5.26 Å². The standard InChI is InChI=1S/C17H16N2O/c1-11-8-12(2)16(13(3)9-11)17(20)19-15-6-4-14(10-18)5-7-15/h4-9H,1-3H3,(H,19,20). The number of carbonyl (C=O) groups excluding carboxylic acids is 1. The Balaban J connectivity index is 2.26. The van der Waals surface area contributed by atoms with Gasteiger partial charge in [-0.3, -0.25) is 4.79 Å². The molecule has 1 N–H and O–H groups in total. The fourth-order valence-electron chi connectivity index (χ4n) is 2.36. The Morgan fingerprint density at radius 3 is 2.10 bits per heavy atom. The first-order valence-electron chi connectivity index (χ1n) is 6.40. The number of nitrogens with zero attached hydrogens (tertiary/aromatic N) is 1. The number of amides is 1. The summed E-state index contributed by atoms with van der Waals surface area (Å²) in [5.74, 6) is -0.121. The van der Waals surface area contributed by atoms with Crippen LogP contribution in [0.2, 0.25) is 0 Å². The molecule has 3 heteroatoms. The van der Waals surface area contributed by atoms with Gasteiger partial charge in [0.25, 0.3) is 5.91 Å². The highest BCUT2D eigenvalue weighted by molar-refractivity contribution is 6.06. The van der Waals surface area contributed by atoms with Crippen molar-refractivity contribution in [1.29, 1.82) is 5.26 Å². The molecule has 0 heterocycles. The molecule has 0 aliphatic carbocycles. The van der Waals surface area contributed by atoms with Crippen LogP contribution in [-0.4, -0.2) is 5.91 Å². The minimum absolute atomic E-state index is 0.121. The van der Waals surface area contributed by atoms with Gasteiger partial charge in [-0.15, -0.1) is 0 Å². The Morgan fingerprint density at radius 1 is 1.05 bits per heavy atom. The number of benzene rings is 2. The lowest BCUT2D eigenvalue weighted by Gasteiger charge is -2.11. The molecule has 0 aromatic heterocycles. The summed E-state index contributed by atoms with van der Waals surface area (Å²) >= 11 is 0. The SMILES string of the molecule is Cc1cc(C)c(C(=O)Nc2ccc(C#N)cc2)c(C)c1. The average molecular weight is 264 g/mol. The molecular weight excluding hydrogens is 248 g/mol. The van der Waals surface area contributed by atoms with E-state index in [0.29, 0.717) is 16.8 Å². The van der Waals surface area contributed by atoms with Crippen molar-refractivity contribution in [1.82, 2.24) is 0 Å². The van der Waals surface area contributed by atoms with E-state index in [2.05, 4.69) is 11.4 Å². The molecule has 0 atom stereocenters. The van der Waals surface area contributed by atoms with Gasteiger partial charge in [0, 0.05) is 11.3 Å². The van der Waals surface area contributed by atoms with E-state index in [0.717, 1.165) is 16.7 Å². The van der Waals surface area contributed by atoms with Crippen molar-refractivity contribution in [2.45, 2.75) is 20.8 Å². The molecule has 2 aromatic rings. The van der Waals surface area contributed by atoms with Crippen LogP contribution in [0, 0.1) is 32.1 Å². The minimum atomic E-state index is -0.121. The molecule has 2 rings (SSSR count). The number of rotatable bonds is 2. The molecule has 0 aliphatic rings. The van der Waals surface area contributed by atoms with E-state index < -0.39 is 0 Å². The lowest BCUT2D eigenvalue weighted by Crippen LogP contribution is -2.15. The number of anilines is 1. The predicted molar refractivity (Wildman–Crippen MR) is 79.8 cm³/mol. The number of nitrogens with one attached hydrogen (secondary N) is 1. The monoisotopic (exact) mass is 264 g/mol. The zero-order valence-corrected chi connectivity index (χ0v) is 11.8. The highest BCUT2D eigenvalue weighted by Gasteiger charge is 2.12. The second-order valence-electron chi connectivity index (χ2n) is 4.92. The van der Waals surface area contributed by atoms with Crippen LogP contribution < -0.4 is 5.32 Å². The summed E-state index contributed by atoms with van der Waals surface area (Å²) in [7, 11) is 0. The number of aryl methyl sites for hydroxylation is 3. The first-order valence-corrected chi connectivity index (χ1v) is 6.40. The Labute approximate surface area is 118 Å². The summed E-state index contributed by atoms with van der Waals surface area (Å²) in [5.41, 5.74) is 5.05. The van der Waals surface area contributed by atoms with E-state index >= 15 is 0 Å². The highest BCUT2D eigenvalue weighted by atomic mass is 16.1. The van der Waals surface area contributed by atoms with E-state index in [-0.39, 0.29) is 5.91 Å². The maximum absolute atomic E-state index is 12.3. The van der Waals surface area contributed by atoms with Gasteiger partial charge in [0.2, 0.25) is 0 Å². The van der Waals surface area contributed by atoms with Crippen molar-refractivity contribution in [2.24, 2.45) is 0 Å². The maximum Gasteiger partial charge on any atom is 0.256 e. The van der Waals surface area contributed by atoms with Gasteiger partial charge in [-0.1, -0.05) is 17.7 Å². The fraction of sp³-hybridized carbons (Fsp3) is 0.176. The molecular formula is C17H16N2O. The predicted octanol–water partition coefficient (Wildman–Crippen LogP) is 3.74. The summed E-state index contributed by atoms with van der Waals surface area (Å²) in [6.07, 6.45) is 0. The van der Waals surface area contributed by atoms with Crippen molar-refractivity contribution in [3.8, 4) is 6.07 Å². The van der Waals surface area contributed by atoms with Crippen molar-refractivity contribution in [2.75, 3.05) is 5.32 Å². The molecule has 0 bridgehead atoms. The maximum atomic E-state index is 12.3. The van der Waals surface area contributed by atoms with Crippen LogP contribution in [0.15, 0.2) is 36.4 Å². The molecule has 20 heavy (non-hydrogen) atoms. The molecule has 0 fully saturated rings. The third-order valence-corrected chi connectivity index (χ3v) is 3.18. The van der Waals surface area contributed by atoms with Crippen LogP contribution in [0.1, 0.15) is 32.6 Å². The summed E-state index contributed by atoms with van der Waals surface area (Å²) in [6, 6.07) is 12.9. The van der Waals surface area contributed by atoms with E-state index in [9.17, 15) is 4.79 Å². The van der Waals surface area contributed by atoms with E-state index in [1.807, 2.05) is 32.9 Å². The molecule has 1 amide bonds. The van der Waals surface area contributed by atoms with Gasteiger partial charge in [-0.2, -0.15) is 5.26 Å². The molecule has 2 aromatic carbocycles. The molecule has 0 unspecified atom stereocenters. The number of hydrogen-bond acceptors (Lipinski definition) is 2. The molecule has 100 valence electrons. The van der Waals surface area contributed by atoms with Gasteiger partial charge < -0.3 is 5.32 Å². The Morgan fingerprint density at radius 2 is 1.60 bits per heavy atom. The summed E-state index contributed by atoms with van der Waals surface area (Å²) in [4.78, 5) is 12.3. The van der Waals surface area contributed by atoms with Crippen molar-refractivity contribution >= 4 is 11.6 Å². The highest BCUT2D eigenvalue weighted by Crippen LogP contribution is 2.18. The summed E-state index contributed by atoms with van der Waals surface area (Å²) in [5, 5.41) is 11.6. The summed E-state index contributed by atoms with van der Waals surface area (Å²) in [6.45, 7) is 5.89. The second-order valence-corrected chi connectivity index (χ2v) is 4.92. The van der Waals surface area contributed by atoms with Crippen LogP contribution in [-0.2, 0) is 0 Å². The second kappa shape index (κ2) is 5.58. The van der Waals surface area contributed by atoms with Gasteiger partial charge in [-0.05, 0) is 56.2 Å². The Hall–Kier alpha value is -2.60. The number of nitriles is 1. The van der Waals surface area contributed by atoms with Crippen molar-refractivity contribution < 1.29 is 4.79 Å². The Kier molecular flexibility index (Phi) is 3.86. The van der Waals surface area contributed by atoms with Crippen molar-refractivity contribution in [3.05, 3.63) is 64.2 Å². The smallest absolute Gasteiger partial charge is 0.256 e. The molecule has 0 saturated heterocycles. The summed E-state index contributed by atoms with van der Waals surface area (Å²) < 4.78 is 0. The van der Waals surface area contributed by atoms with E-state index in [1.54, 1.807) is 24.3 Å². The molecule has 0 saturated carbocycles. The lowest BCUT2D eigenvalue weighted by atomic mass is 9.99. The van der Waals surface area contributed by atoms with Gasteiger partial charge in [0.15, 0.2) is 0 Å². The van der Waals surface area contributed by atoms with Crippen LogP contribution in [0.5, 0.6) is 0 Å². The van der Waals surface area contributed by atoms with Crippen LogP contribution in [0.3, 0.4) is 0 Å². The molecule has 3 nitrogen and oxygen atoms in total. The quantitative estimate of drug-likeness (QED) is 0.898. The third kappa shape index (κ3) is 2.86. The Bertz CT molecular complexity index is 671. The molecule has 0 aliphatic heterocycles. The van der Waals surface area contributed by atoms with Gasteiger partial charge in [0.1, 0.15) is 0 Å². The topological polar surface area (TPSA) is 52.9 Å². The lowest BCUT2D eigenvalue weighted by molar-refractivity contribution is 0.102. The number of hydrogen-bond donors (Lipinski definition) is 1. The zero-order valence-electron chi connectivity index (χ0n) is 11.8. The number of carbonyl (C=O) groups is 1. The first-order chi connectivity index (χ1) is 9.51. The van der Waals surface area contributed by atoms with Gasteiger partial charge >= 0.3 is 0 Å². The third-order valence-electron chi connectivity index (χ3n) is 3.18. The largest absolute Gasteiger partial charge is 0.322 e. The minimum Gasteiger partial charge on any atom is -0.322 e. The van der Waals surface area contributed by atoms with Crippen LogP contribution >= 0.6 is 0 Å². The first kappa shape index (κ1) is 13.8. The molecule has 0 spiro atoms. The molecule has 0 radical (unpaired) electrons. The fourth-order valence-corrected chi connectivity index (χ4v) is 2.36. The van der Waals surface area contributed by atoms with Gasteiger partial charge in [-0.25, -0.2) is 0 Å². The average Bonchev–Trinajstić information content (AvgIpc) is 2.38. The normalized spacial score (nSPS) is 9.90. The van der Waals surface area contributed by atoms with Gasteiger partial charge in [0.05, 0.1) is 11.6 Å². The van der Waals surface area contributed by atoms with Crippen LogP contribution in [0.4, 0.5) is 5.69 Å². The van der Waals surface area contributed by atoms with Crippen molar-refractivity contribution in [3.63, 3.8) is 0 Å².